The maximum atomic E-state index is 5.29. The minimum Gasteiger partial charge on any atom is -0.483 e. The van der Waals surface area contributed by atoms with Gasteiger partial charge >= 0.3 is 0 Å². The van der Waals surface area contributed by atoms with Crippen LogP contribution in [-0.2, 0) is 4.74 Å². The normalized spacial score (nSPS) is 19.5. The van der Waals surface area contributed by atoms with Gasteiger partial charge in [0.05, 0.1) is 13.0 Å². The van der Waals surface area contributed by atoms with Crippen molar-refractivity contribution in [3.05, 3.63) is 60.3 Å². The van der Waals surface area contributed by atoms with Gasteiger partial charge in [0, 0.05) is 6.20 Å². The Hall–Kier alpha value is -1.83. The number of hydrogen-bond acceptors (Lipinski definition) is 2. The predicted molar refractivity (Wildman–Crippen MR) is 61.9 cm³/mol. The molecule has 2 rings (SSSR count). The van der Waals surface area contributed by atoms with Gasteiger partial charge in [-0.1, -0.05) is 42.5 Å². The molecule has 0 saturated carbocycles. The standard InChI is InChI=1S/C13H13NO/c1-15-13-12(9-5-6-10-14-13)11-7-3-2-4-8-11/h2-10,12H,1H3. The van der Waals surface area contributed by atoms with Gasteiger partial charge in [-0.2, -0.15) is 0 Å². The lowest BCUT2D eigenvalue weighted by molar-refractivity contribution is 0.389. The molecule has 1 atom stereocenters. The molecular weight excluding hydrogens is 186 g/mol. The smallest absolute Gasteiger partial charge is 0.199 e. The number of allylic oxidation sites excluding steroid dienone is 2. The van der Waals surface area contributed by atoms with Gasteiger partial charge in [0.1, 0.15) is 0 Å². The molecule has 0 N–H and O–H groups in total. The fraction of sp³-hybridized carbons (Fsp3) is 0.154. The van der Waals surface area contributed by atoms with Crippen LogP contribution < -0.4 is 0 Å². The van der Waals surface area contributed by atoms with Gasteiger partial charge in [-0.3, -0.25) is 0 Å². The molecule has 0 bridgehead atoms. The van der Waals surface area contributed by atoms with Crippen LogP contribution in [0.4, 0.5) is 0 Å². The second kappa shape index (κ2) is 4.60. The second-order valence-corrected chi connectivity index (χ2v) is 3.29. The van der Waals surface area contributed by atoms with E-state index in [-0.39, 0.29) is 5.92 Å². The molecule has 76 valence electrons. The van der Waals surface area contributed by atoms with Gasteiger partial charge in [0.25, 0.3) is 0 Å². The Balaban J connectivity index is 2.35. The summed E-state index contributed by atoms with van der Waals surface area (Å²) < 4.78 is 5.29. The summed E-state index contributed by atoms with van der Waals surface area (Å²) >= 11 is 0. The van der Waals surface area contributed by atoms with Crippen molar-refractivity contribution in [2.24, 2.45) is 4.99 Å². The van der Waals surface area contributed by atoms with E-state index in [4.69, 9.17) is 4.74 Å². The molecule has 1 heterocycles. The van der Waals surface area contributed by atoms with Crippen molar-refractivity contribution in [3.63, 3.8) is 0 Å². The second-order valence-electron chi connectivity index (χ2n) is 3.29. The zero-order valence-corrected chi connectivity index (χ0v) is 8.63. The fourth-order valence-corrected chi connectivity index (χ4v) is 1.60. The van der Waals surface area contributed by atoms with Crippen LogP contribution in [0.1, 0.15) is 11.5 Å². The molecule has 0 spiro atoms. The highest BCUT2D eigenvalue weighted by Crippen LogP contribution is 2.21. The first-order valence-corrected chi connectivity index (χ1v) is 4.92. The van der Waals surface area contributed by atoms with E-state index in [0.29, 0.717) is 0 Å². The van der Waals surface area contributed by atoms with E-state index in [2.05, 4.69) is 23.2 Å². The summed E-state index contributed by atoms with van der Waals surface area (Å²) in [5, 5.41) is 0. The van der Waals surface area contributed by atoms with E-state index < -0.39 is 0 Å². The zero-order chi connectivity index (χ0) is 10.5. The summed E-state index contributed by atoms with van der Waals surface area (Å²) in [6.45, 7) is 0. The first kappa shape index (κ1) is 9.71. The molecule has 0 aliphatic carbocycles. The summed E-state index contributed by atoms with van der Waals surface area (Å²) in [5.41, 5.74) is 1.19. The molecule has 15 heavy (non-hydrogen) atoms. The quantitative estimate of drug-likeness (QED) is 0.681. The summed E-state index contributed by atoms with van der Waals surface area (Å²) in [7, 11) is 1.65. The van der Waals surface area contributed by atoms with Crippen molar-refractivity contribution < 1.29 is 4.74 Å². The van der Waals surface area contributed by atoms with Crippen molar-refractivity contribution in [2.75, 3.05) is 7.11 Å². The third-order valence-electron chi connectivity index (χ3n) is 2.34. The lowest BCUT2D eigenvalue weighted by Crippen LogP contribution is -2.11. The molecular formula is C13H13NO. The molecule has 1 aromatic carbocycles. The molecule has 2 heteroatoms. The third kappa shape index (κ3) is 2.15. The Morgan fingerprint density at radius 2 is 1.93 bits per heavy atom. The Kier molecular flexibility index (Phi) is 2.98. The van der Waals surface area contributed by atoms with Crippen LogP contribution in [0, 0.1) is 0 Å². The first-order chi connectivity index (χ1) is 7.42. The Morgan fingerprint density at radius 3 is 2.67 bits per heavy atom. The topological polar surface area (TPSA) is 21.6 Å². The number of methoxy groups -OCH3 is 1. The fourth-order valence-electron chi connectivity index (χ4n) is 1.60. The molecule has 1 unspecified atom stereocenters. The van der Waals surface area contributed by atoms with Crippen LogP contribution in [0.3, 0.4) is 0 Å². The number of aliphatic imine (C=N–C) groups is 1. The van der Waals surface area contributed by atoms with Gasteiger partial charge in [0.2, 0.25) is 0 Å². The molecule has 0 amide bonds. The summed E-state index contributed by atoms with van der Waals surface area (Å²) in [5.74, 6) is 0.845. The Morgan fingerprint density at radius 1 is 1.13 bits per heavy atom. The average molecular weight is 199 g/mol. The minimum atomic E-state index is 0.117. The van der Waals surface area contributed by atoms with E-state index in [1.165, 1.54) is 5.56 Å². The first-order valence-electron chi connectivity index (χ1n) is 4.92. The van der Waals surface area contributed by atoms with Crippen LogP contribution in [0.25, 0.3) is 0 Å². The Bertz CT molecular complexity index is 404. The van der Waals surface area contributed by atoms with Gasteiger partial charge in [-0.25, -0.2) is 4.99 Å². The van der Waals surface area contributed by atoms with Gasteiger partial charge in [-0.15, -0.1) is 0 Å². The summed E-state index contributed by atoms with van der Waals surface area (Å²) in [4.78, 5) is 4.25. The van der Waals surface area contributed by atoms with Crippen LogP contribution in [-0.4, -0.2) is 13.0 Å². The van der Waals surface area contributed by atoms with Crippen LogP contribution >= 0.6 is 0 Å². The molecule has 0 saturated heterocycles. The van der Waals surface area contributed by atoms with Crippen LogP contribution in [0.15, 0.2) is 59.8 Å². The van der Waals surface area contributed by atoms with Gasteiger partial charge in [-0.05, 0) is 11.6 Å². The number of nitrogens with zero attached hydrogens (tertiary/aromatic N) is 1. The van der Waals surface area contributed by atoms with Crippen LogP contribution in [0.2, 0.25) is 0 Å². The molecule has 0 aromatic heterocycles. The predicted octanol–water partition coefficient (Wildman–Crippen LogP) is 2.90. The summed E-state index contributed by atoms with van der Waals surface area (Å²) in [6.07, 6.45) is 7.73. The maximum absolute atomic E-state index is 5.29. The average Bonchev–Trinajstić information content (AvgIpc) is 2.55. The monoisotopic (exact) mass is 199 g/mol. The third-order valence-corrected chi connectivity index (χ3v) is 2.34. The number of benzene rings is 1. The molecule has 1 aromatic rings. The molecule has 0 radical (unpaired) electrons. The zero-order valence-electron chi connectivity index (χ0n) is 8.63. The van der Waals surface area contributed by atoms with Crippen molar-refractivity contribution in [1.82, 2.24) is 0 Å². The highest BCUT2D eigenvalue weighted by Gasteiger charge is 2.15. The van der Waals surface area contributed by atoms with E-state index in [9.17, 15) is 0 Å². The number of ether oxygens (including phenoxy) is 1. The van der Waals surface area contributed by atoms with E-state index in [1.807, 2.05) is 30.4 Å². The van der Waals surface area contributed by atoms with Crippen molar-refractivity contribution in [2.45, 2.75) is 5.92 Å². The maximum Gasteiger partial charge on any atom is 0.199 e. The molecule has 1 aliphatic rings. The van der Waals surface area contributed by atoms with Gasteiger partial charge in [0.15, 0.2) is 5.90 Å². The molecule has 1 aliphatic heterocycles. The number of hydrogen-bond donors (Lipinski definition) is 0. The Labute approximate surface area is 89.6 Å². The highest BCUT2D eigenvalue weighted by molar-refractivity contribution is 5.86. The van der Waals surface area contributed by atoms with E-state index in [1.54, 1.807) is 13.3 Å². The van der Waals surface area contributed by atoms with E-state index in [0.717, 1.165) is 5.90 Å². The lowest BCUT2D eigenvalue weighted by Gasteiger charge is -2.13. The lowest BCUT2D eigenvalue weighted by atomic mass is 9.98. The summed E-state index contributed by atoms with van der Waals surface area (Å²) in [6, 6.07) is 10.2. The van der Waals surface area contributed by atoms with Gasteiger partial charge < -0.3 is 4.74 Å². The highest BCUT2D eigenvalue weighted by atomic mass is 16.5. The molecule has 2 nitrogen and oxygen atoms in total. The van der Waals surface area contributed by atoms with Crippen molar-refractivity contribution in [3.8, 4) is 0 Å². The largest absolute Gasteiger partial charge is 0.483 e. The minimum absolute atomic E-state index is 0.117. The number of rotatable bonds is 1. The van der Waals surface area contributed by atoms with Crippen molar-refractivity contribution >= 4 is 5.90 Å². The van der Waals surface area contributed by atoms with Crippen molar-refractivity contribution in [1.29, 1.82) is 0 Å². The van der Waals surface area contributed by atoms with E-state index >= 15 is 0 Å². The SMILES string of the molecule is COC1=NC=CC=CC1c1ccccc1. The van der Waals surface area contributed by atoms with Crippen LogP contribution in [0.5, 0.6) is 0 Å². The molecule has 0 fully saturated rings.